The first-order chi connectivity index (χ1) is 18.8. The lowest BCUT2D eigenvalue weighted by Crippen LogP contribution is -2.51. The summed E-state index contributed by atoms with van der Waals surface area (Å²) in [5.74, 6) is -0.198. The monoisotopic (exact) mass is 571 g/mol. The Bertz CT molecular complexity index is 1420. The van der Waals surface area contributed by atoms with Crippen LogP contribution in [-0.2, 0) is 26.2 Å². The van der Waals surface area contributed by atoms with E-state index >= 15 is 0 Å². The molecule has 0 aliphatic carbocycles. The summed E-state index contributed by atoms with van der Waals surface area (Å²) in [6.45, 7) is 2.24. The Morgan fingerprint density at radius 3 is 2.56 bits per heavy atom. The zero-order valence-electron chi connectivity index (χ0n) is 21.4. The van der Waals surface area contributed by atoms with Gasteiger partial charge in [0, 0.05) is 13.1 Å². The molecule has 0 radical (unpaired) electrons. The number of unbranched alkanes of at least 4 members (excludes halogenated alkanes) is 1. The molecule has 2 N–H and O–H groups in total. The smallest absolute Gasteiger partial charge is 0.265 e. The molecule has 9 nitrogen and oxygen atoms in total. The third-order valence-corrected chi connectivity index (χ3v) is 7.82. The molecule has 0 aromatic heterocycles. The lowest BCUT2D eigenvalue weighted by molar-refractivity contribution is -0.128. The molecule has 0 saturated heterocycles. The number of hydrogen-bond donors (Lipinski definition) is 2. The number of rotatable bonds is 11. The average Bonchev–Trinajstić information content (AvgIpc) is 2.95. The number of anilines is 1. The molecule has 206 valence electrons. The molecule has 0 fully saturated rings. The van der Waals surface area contributed by atoms with Gasteiger partial charge in [-0.25, -0.2) is 13.1 Å². The van der Waals surface area contributed by atoms with Gasteiger partial charge in [0.2, 0.25) is 10.0 Å². The van der Waals surface area contributed by atoms with Crippen molar-refractivity contribution in [2.75, 3.05) is 24.6 Å². The van der Waals surface area contributed by atoms with Crippen LogP contribution in [0.1, 0.15) is 25.3 Å². The lowest BCUT2D eigenvalue weighted by atomic mass is 10.1. The fourth-order valence-electron chi connectivity index (χ4n) is 3.96. The highest BCUT2D eigenvalue weighted by molar-refractivity contribution is 7.89. The Hall–Kier alpha value is -3.60. The van der Waals surface area contributed by atoms with E-state index in [0.29, 0.717) is 24.5 Å². The third-order valence-electron chi connectivity index (χ3n) is 6.06. The van der Waals surface area contributed by atoms with Gasteiger partial charge in [0.15, 0.2) is 12.7 Å². The van der Waals surface area contributed by atoms with E-state index < -0.39 is 22.0 Å². The normalized spacial score (nSPS) is 14.7. The number of amides is 2. The molecular formula is C28H30ClN3O6S. The summed E-state index contributed by atoms with van der Waals surface area (Å²) in [6.07, 6.45) is 0.661. The second-order valence-electron chi connectivity index (χ2n) is 8.91. The van der Waals surface area contributed by atoms with Gasteiger partial charge in [-0.1, -0.05) is 67.4 Å². The first-order valence-electron chi connectivity index (χ1n) is 12.6. The lowest BCUT2D eigenvalue weighted by Gasteiger charge is -2.34. The van der Waals surface area contributed by atoms with E-state index in [9.17, 15) is 18.0 Å². The number of nitrogens with zero attached hydrogens (tertiary/aromatic N) is 1. The van der Waals surface area contributed by atoms with Crippen molar-refractivity contribution in [1.29, 1.82) is 0 Å². The minimum absolute atomic E-state index is 0.00578. The number of fused-ring (bicyclic) bond motifs is 1. The molecule has 0 spiro atoms. The number of ether oxygens (including phenoxy) is 2. The maximum Gasteiger partial charge on any atom is 0.265 e. The van der Waals surface area contributed by atoms with Crippen molar-refractivity contribution >= 4 is 39.1 Å². The van der Waals surface area contributed by atoms with E-state index in [1.807, 2.05) is 37.3 Å². The van der Waals surface area contributed by atoms with Crippen LogP contribution in [0.4, 0.5) is 5.69 Å². The third kappa shape index (κ3) is 7.29. The predicted molar refractivity (Wildman–Crippen MR) is 149 cm³/mol. The van der Waals surface area contributed by atoms with E-state index in [4.69, 9.17) is 21.1 Å². The van der Waals surface area contributed by atoms with Gasteiger partial charge in [0.25, 0.3) is 11.8 Å². The van der Waals surface area contributed by atoms with Crippen molar-refractivity contribution in [1.82, 2.24) is 10.0 Å². The van der Waals surface area contributed by atoms with E-state index in [1.165, 1.54) is 23.1 Å². The summed E-state index contributed by atoms with van der Waals surface area (Å²) in [5.41, 5.74) is 1.46. The first kappa shape index (κ1) is 28.4. The van der Waals surface area contributed by atoms with Crippen molar-refractivity contribution < 1.29 is 27.5 Å². The molecule has 39 heavy (non-hydrogen) atoms. The molecule has 0 saturated carbocycles. The summed E-state index contributed by atoms with van der Waals surface area (Å²) >= 11 is 6.28. The van der Waals surface area contributed by atoms with Gasteiger partial charge < -0.3 is 19.7 Å². The number of carbonyl (C=O) groups is 2. The van der Waals surface area contributed by atoms with Crippen LogP contribution in [0.2, 0.25) is 5.02 Å². The molecule has 1 unspecified atom stereocenters. The Kier molecular flexibility index (Phi) is 9.45. The van der Waals surface area contributed by atoms with Crippen LogP contribution in [0.25, 0.3) is 0 Å². The predicted octanol–water partition coefficient (Wildman–Crippen LogP) is 3.91. The second kappa shape index (κ2) is 13.0. The topological polar surface area (TPSA) is 114 Å². The van der Waals surface area contributed by atoms with Crippen LogP contribution in [0.5, 0.6) is 11.5 Å². The maximum absolute atomic E-state index is 13.2. The van der Waals surface area contributed by atoms with Crippen LogP contribution in [0.15, 0.2) is 77.7 Å². The Balaban J connectivity index is 1.42. The molecule has 3 aromatic rings. The number of benzene rings is 3. The zero-order chi connectivity index (χ0) is 27.8. The first-order valence-corrected chi connectivity index (χ1v) is 14.4. The second-order valence-corrected chi connectivity index (χ2v) is 11.1. The van der Waals surface area contributed by atoms with E-state index in [2.05, 4.69) is 10.0 Å². The number of sulfonamides is 1. The molecule has 0 bridgehead atoms. The molecule has 1 aliphatic heterocycles. The molecule has 4 rings (SSSR count). The van der Waals surface area contributed by atoms with Crippen molar-refractivity contribution in [2.24, 2.45) is 0 Å². The molecule has 1 heterocycles. The van der Waals surface area contributed by atoms with Crippen molar-refractivity contribution in [3.8, 4) is 11.5 Å². The molecule has 3 aromatic carbocycles. The SMILES string of the molecule is CCCCNS(=O)(=O)c1ccc(OCC(=O)N2CC(C(=O)NCc3ccccc3)Oc3ccccc32)c(Cl)c1. The fraction of sp³-hybridized carbons (Fsp3) is 0.286. The van der Waals surface area contributed by atoms with Crippen molar-refractivity contribution in [3.05, 3.63) is 83.4 Å². The zero-order valence-corrected chi connectivity index (χ0v) is 23.0. The standard InChI is InChI=1S/C28H30ClN3O6S/c1-2-3-15-31-39(35,36)21-13-14-24(22(29)16-21)37-19-27(33)32-18-26(38-25-12-8-7-11-23(25)32)28(34)30-17-20-9-5-4-6-10-20/h4-14,16,26,31H,2-3,15,17-19H2,1H3,(H,30,34). The molecule has 1 aliphatic rings. The molecular weight excluding hydrogens is 542 g/mol. The van der Waals surface area contributed by atoms with Crippen LogP contribution >= 0.6 is 11.6 Å². The Morgan fingerprint density at radius 2 is 1.82 bits per heavy atom. The largest absolute Gasteiger partial charge is 0.482 e. The van der Waals surface area contributed by atoms with Gasteiger partial charge in [-0.2, -0.15) is 0 Å². The number of nitrogens with one attached hydrogen (secondary N) is 2. The van der Waals surface area contributed by atoms with E-state index in [-0.39, 0.29) is 34.7 Å². The number of carbonyl (C=O) groups excluding carboxylic acids is 2. The van der Waals surface area contributed by atoms with Crippen LogP contribution in [0, 0.1) is 0 Å². The summed E-state index contributed by atoms with van der Waals surface area (Å²) in [4.78, 5) is 27.6. The van der Waals surface area contributed by atoms with Gasteiger partial charge in [-0.05, 0) is 42.3 Å². The van der Waals surface area contributed by atoms with Crippen LogP contribution in [0.3, 0.4) is 0 Å². The summed E-state index contributed by atoms with van der Waals surface area (Å²) in [7, 11) is -3.71. The highest BCUT2D eigenvalue weighted by Gasteiger charge is 2.34. The van der Waals surface area contributed by atoms with E-state index in [0.717, 1.165) is 18.4 Å². The molecule has 11 heteroatoms. The number of hydrogen-bond acceptors (Lipinski definition) is 6. The average molecular weight is 572 g/mol. The van der Waals surface area contributed by atoms with Crippen LogP contribution < -0.4 is 24.4 Å². The van der Waals surface area contributed by atoms with E-state index in [1.54, 1.807) is 24.3 Å². The van der Waals surface area contributed by atoms with Gasteiger partial charge in [-0.15, -0.1) is 0 Å². The molecule has 2 amide bonds. The highest BCUT2D eigenvalue weighted by Crippen LogP contribution is 2.34. The van der Waals surface area contributed by atoms with Gasteiger partial charge in [0.1, 0.15) is 11.5 Å². The Morgan fingerprint density at radius 1 is 1.08 bits per heavy atom. The van der Waals surface area contributed by atoms with Gasteiger partial charge >= 0.3 is 0 Å². The molecule has 1 atom stereocenters. The highest BCUT2D eigenvalue weighted by atomic mass is 35.5. The number of halogens is 1. The summed E-state index contributed by atoms with van der Waals surface area (Å²) in [5, 5.41) is 2.91. The quantitative estimate of drug-likeness (QED) is 0.337. The van der Waals surface area contributed by atoms with Crippen molar-refractivity contribution in [3.63, 3.8) is 0 Å². The fourth-order valence-corrected chi connectivity index (χ4v) is 5.36. The van der Waals surface area contributed by atoms with Crippen LogP contribution in [-0.4, -0.2) is 46.0 Å². The summed E-state index contributed by atoms with van der Waals surface area (Å²) in [6, 6.07) is 20.5. The van der Waals surface area contributed by atoms with Crippen molar-refractivity contribution in [2.45, 2.75) is 37.3 Å². The summed E-state index contributed by atoms with van der Waals surface area (Å²) < 4.78 is 39.0. The Labute approximate surface area is 233 Å². The minimum atomic E-state index is -3.71. The number of para-hydroxylation sites is 2. The van der Waals surface area contributed by atoms with Gasteiger partial charge in [0.05, 0.1) is 22.2 Å². The van der Waals surface area contributed by atoms with Gasteiger partial charge in [-0.3, -0.25) is 9.59 Å². The minimum Gasteiger partial charge on any atom is -0.482 e. The maximum atomic E-state index is 13.2.